The molecule has 4 rings (SSSR count). The smallest absolute Gasteiger partial charge is 0.341 e. The van der Waals surface area contributed by atoms with Gasteiger partial charge in [0.2, 0.25) is 5.91 Å². The molecule has 0 N–H and O–H groups in total. The minimum atomic E-state index is -0.0508. The fourth-order valence-electron chi connectivity index (χ4n) is 5.48. The maximum atomic E-state index is 13.0. The van der Waals surface area contributed by atoms with Gasteiger partial charge >= 0.3 is 5.69 Å². The van der Waals surface area contributed by atoms with Crippen molar-refractivity contribution >= 4 is 5.91 Å². The third-order valence-corrected chi connectivity index (χ3v) is 7.57. The molecule has 2 aliphatic heterocycles. The molecule has 162 valence electrons. The van der Waals surface area contributed by atoms with Gasteiger partial charge in [0.1, 0.15) is 5.82 Å². The topological polar surface area (TPSA) is 63.4 Å². The number of likely N-dealkylation sites (tertiary alicyclic amines) is 2. The van der Waals surface area contributed by atoms with Crippen molar-refractivity contribution in [1.29, 1.82) is 0 Å². The van der Waals surface area contributed by atoms with Crippen LogP contribution >= 0.6 is 0 Å². The average Bonchev–Trinajstić information content (AvgIpc) is 3.36. The predicted octanol–water partition coefficient (Wildman–Crippen LogP) is 2.52. The van der Waals surface area contributed by atoms with Crippen molar-refractivity contribution in [3.8, 4) is 0 Å². The molecule has 1 unspecified atom stereocenters. The molecule has 1 atom stereocenters. The Morgan fingerprint density at radius 3 is 2.24 bits per heavy atom. The first kappa shape index (κ1) is 20.6. The highest BCUT2D eigenvalue weighted by molar-refractivity contribution is 5.81. The maximum Gasteiger partial charge on any atom is 0.345 e. The summed E-state index contributed by atoms with van der Waals surface area (Å²) in [7, 11) is 1.77. The molecule has 2 saturated heterocycles. The summed E-state index contributed by atoms with van der Waals surface area (Å²) in [6.45, 7) is 7.95. The van der Waals surface area contributed by atoms with Crippen LogP contribution in [-0.2, 0) is 11.8 Å². The molecular weight excluding hydrogens is 366 g/mol. The Labute approximate surface area is 174 Å². The van der Waals surface area contributed by atoms with Gasteiger partial charge in [-0.3, -0.25) is 14.3 Å². The second kappa shape index (κ2) is 8.62. The summed E-state index contributed by atoms with van der Waals surface area (Å²) in [5.74, 6) is 2.32. The molecule has 0 aromatic carbocycles. The van der Waals surface area contributed by atoms with E-state index in [1.54, 1.807) is 7.05 Å². The molecule has 3 heterocycles. The highest BCUT2D eigenvalue weighted by Gasteiger charge is 2.34. The van der Waals surface area contributed by atoms with E-state index in [2.05, 4.69) is 28.7 Å². The zero-order valence-corrected chi connectivity index (χ0v) is 18.3. The molecule has 3 aliphatic rings. The fraction of sp³-hybridized carbons (Fsp3) is 0.864. The van der Waals surface area contributed by atoms with Crippen LogP contribution in [-0.4, -0.2) is 62.3 Å². The molecule has 0 radical (unpaired) electrons. The van der Waals surface area contributed by atoms with Crippen molar-refractivity contribution in [2.24, 2.45) is 13.0 Å². The van der Waals surface area contributed by atoms with Crippen LogP contribution in [0.1, 0.15) is 83.0 Å². The Hall–Kier alpha value is -1.63. The molecule has 1 amide bonds. The number of amides is 1. The molecule has 0 spiro atoms. The minimum absolute atomic E-state index is 0.0391. The van der Waals surface area contributed by atoms with Gasteiger partial charge in [0.15, 0.2) is 0 Å². The van der Waals surface area contributed by atoms with Gasteiger partial charge in [-0.2, -0.15) is 5.10 Å². The van der Waals surface area contributed by atoms with Crippen LogP contribution in [0.4, 0.5) is 0 Å². The lowest BCUT2D eigenvalue weighted by Crippen LogP contribution is -2.51. The number of aryl methyl sites for hydroxylation is 1. The Kier molecular flexibility index (Phi) is 6.13. The van der Waals surface area contributed by atoms with Gasteiger partial charge in [-0.05, 0) is 64.5 Å². The van der Waals surface area contributed by atoms with E-state index in [1.165, 1.54) is 17.5 Å². The number of carbonyl (C=O) groups is 1. The fourth-order valence-corrected chi connectivity index (χ4v) is 5.48. The first-order valence-corrected chi connectivity index (χ1v) is 11.6. The Balaban J connectivity index is 1.39. The second-order valence-corrected chi connectivity index (χ2v) is 9.57. The van der Waals surface area contributed by atoms with Crippen molar-refractivity contribution in [2.75, 3.05) is 26.2 Å². The zero-order chi connectivity index (χ0) is 20.5. The van der Waals surface area contributed by atoms with Crippen molar-refractivity contribution < 1.29 is 4.79 Å². The summed E-state index contributed by atoms with van der Waals surface area (Å²) in [6, 6.07) is 0.274. The van der Waals surface area contributed by atoms with Crippen LogP contribution in [0.25, 0.3) is 0 Å². The zero-order valence-electron chi connectivity index (χ0n) is 18.3. The SMILES string of the molecule is CC1CCN(C(=O)C(C)N2CCC(c3nn(C)c(=O)n3C3CCCC3)CC2)CC1. The van der Waals surface area contributed by atoms with E-state index < -0.39 is 0 Å². The molecule has 1 aliphatic carbocycles. The van der Waals surface area contributed by atoms with E-state index in [1.807, 2.05) is 4.57 Å². The highest BCUT2D eigenvalue weighted by atomic mass is 16.2. The van der Waals surface area contributed by atoms with Crippen molar-refractivity contribution in [3.63, 3.8) is 0 Å². The molecule has 1 saturated carbocycles. The third-order valence-electron chi connectivity index (χ3n) is 7.57. The van der Waals surface area contributed by atoms with E-state index >= 15 is 0 Å². The summed E-state index contributed by atoms with van der Waals surface area (Å²) in [4.78, 5) is 30.0. The normalized spacial score (nSPS) is 24.3. The molecule has 1 aromatic heterocycles. The molecule has 7 heteroatoms. The van der Waals surface area contributed by atoms with Crippen molar-refractivity contribution in [1.82, 2.24) is 24.1 Å². The lowest BCUT2D eigenvalue weighted by molar-refractivity contribution is -0.138. The van der Waals surface area contributed by atoms with E-state index in [-0.39, 0.29) is 17.6 Å². The number of rotatable bonds is 4. The second-order valence-electron chi connectivity index (χ2n) is 9.57. The third kappa shape index (κ3) is 4.16. The molecule has 7 nitrogen and oxygen atoms in total. The lowest BCUT2D eigenvalue weighted by atomic mass is 9.94. The number of aromatic nitrogens is 3. The summed E-state index contributed by atoms with van der Waals surface area (Å²) in [5, 5.41) is 4.64. The van der Waals surface area contributed by atoms with Crippen LogP contribution in [0.3, 0.4) is 0 Å². The average molecular weight is 404 g/mol. The summed E-state index contributed by atoms with van der Waals surface area (Å²) < 4.78 is 3.51. The van der Waals surface area contributed by atoms with Gasteiger partial charge in [0.25, 0.3) is 0 Å². The van der Waals surface area contributed by atoms with Gasteiger partial charge in [0, 0.05) is 32.1 Å². The van der Waals surface area contributed by atoms with Gasteiger partial charge in [-0.25, -0.2) is 9.48 Å². The van der Waals surface area contributed by atoms with Crippen LogP contribution in [0.5, 0.6) is 0 Å². The van der Waals surface area contributed by atoms with Crippen LogP contribution in [0.15, 0.2) is 4.79 Å². The van der Waals surface area contributed by atoms with E-state index in [4.69, 9.17) is 0 Å². The molecule has 1 aromatic rings. The summed E-state index contributed by atoms with van der Waals surface area (Å²) in [5.41, 5.74) is 0.0391. The van der Waals surface area contributed by atoms with E-state index in [0.717, 1.165) is 76.4 Å². The Morgan fingerprint density at radius 2 is 1.62 bits per heavy atom. The Bertz CT molecular complexity index is 763. The number of piperidine rings is 2. The number of carbonyl (C=O) groups excluding carboxylic acids is 1. The van der Waals surface area contributed by atoms with Crippen LogP contribution in [0, 0.1) is 5.92 Å². The predicted molar refractivity (Wildman–Crippen MR) is 113 cm³/mol. The molecule has 3 fully saturated rings. The van der Waals surface area contributed by atoms with Crippen LogP contribution < -0.4 is 5.69 Å². The standard InChI is InChI=1S/C22H37N5O2/c1-16-8-12-26(13-9-16)21(28)17(2)25-14-10-18(11-15-25)20-23-24(3)22(29)27(20)19-6-4-5-7-19/h16-19H,4-15H2,1-3H3. The van der Waals surface area contributed by atoms with Crippen molar-refractivity contribution in [2.45, 2.75) is 83.2 Å². The lowest BCUT2D eigenvalue weighted by Gasteiger charge is -2.39. The summed E-state index contributed by atoms with van der Waals surface area (Å²) >= 11 is 0. The number of nitrogens with zero attached hydrogens (tertiary/aromatic N) is 5. The van der Waals surface area contributed by atoms with Crippen LogP contribution in [0.2, 0.25) is 0 Å². The summed E-state index contributed by atoms with van der Waals surface area (Å²) in [6.07, 6.45) is 8.79. The van der Waals surface area contributed by atoms with Gasteiger partial charge < -0.3 is 4.90 Å². The van der Waals surface area contributed by atoms with Gasteiger partial charge in [0.05, 0.1) is 6.04 Å². The molecular formula is C22H37N5O2. The highest BCUT2D eigenvalue weighted by Crippen LogP contribution is 2.34. The maximum absolute atomic E-state index is 13.0. The molecule has 29 heavy (non-hydrogen) atoms. The van der Waals surface area contributed by atoms with E-state index in [0.29, 0.717) is 12.0 Å². The number of hydrogen-bond donors (Lipinski definition) is 0. The van der Waals surface area contributed by atoms with E-state index in [9.17, 15) is 9.59 Å². The number of hydrogen-bond acceptors (Lipinski definition) is 4. The first-order valence-electron chi connectivity index (χ1n) is 11.6. The largest absolute Gasteiger partial charge is 0.345 e. The minimum Gasteiger partial charge on any atom is -0.341 e. The molecule has 0 bridgehead atoms. The first-order chi connectivity index (χ1) is 14.0. The Morgan fingerprint density at radius 1 is 1.00 bits per heavy atom. The van der Waals surface area contributed by atoms with Gasteiger partial charge in [-0.15, -0.1) is 0 Å². The monoisotopic (exact) mass is 403 g/mol. The van der Waals surface area contributed by atoms with Gasteiger partial charge in [-0.1, -0.05) is 19.8 Å². The quantitative estimate of drug-likeness (QED) is 0.775. The van der Waals surface area contributed by atoms with Crippen molar-refractivity contribution in [3.05, 3.63) is 16.3 Å².